The third-order valence-electron chi connectivity index (χ3n) is 3.06. The van der Waals surface area contributed by atoms with Crippen LogP contribution in [-0.2, 0) is 28.6 Å². The van der Waals surface area contributed by atoms with Crippen LogP contribution in [0.25, 0.3) is 0 Å². The number of unbranched alkanes of at least 4 members (excludes halogenated alkanes) is 4. The second-order valence-corrected chi connectivity index (χ2v) is 5.22. The Morgan fingerprint density at radius 1 is 0.864 bits per heavy atom. The highest BCUT2D eigenvalue weighted by atomic mass is 16.6. The lowest BCUT2D eigenvalue weighted by molar-refractivity contribution is -0.159. The van der Waals surface area contributed by atoms with Crippen molar-refractivity contribution in [2.45, 2.75) is 71.3 Å². The minimum Gasteiger partial charge on any atom is -0.469 e. The van der Waals surface area contributed by atoms with E-state index in [0.717, 1.165) is 19.3 Å². The van der Waals surface area contributed by atoms with Gasteiger partial charge < -0.3 is 14.2 Å². The van der Waals surface area contributed by atoms with Gasteiger partial charge in [-0.1, -0.05) is 32.6 Å². The third kappa shape index (κ3) is 12.2. The molecule has 0 bridgehead atoms. The molecule has 0 fully saturated rings. The third-order valence-corrected chi connectivity index (χ3v) is 3.06. The van der Waals surface area contributed by atoms with Crippen LogP contribution in [-0.4, -0.2) is 37.7 Å². The summed E-state index contributed by atoms with van der Waals surface area (Å²) in [4.78, 5) is 33.8. The molecule has 0 aliphatic rings. The van der Waals surface area contributed by atoms with Gasteiger partial charge in [-0.15, -0.1) is 0 Å². The highest BCUT2D eigenvalue weighted by Crippen LogP contribution is 2.06. The average Bonchev–Trinajstić information content (AvgIpc) is 2.50. The van der Waals surface area contributed by atoms with E-state index < -0.39 is 18.0 Å². The topological polar surface area (TPSA) is 78.9 Å². The Morgan fingerprint density at radius 3 is 2.14 bits per heavy atom. The predicted octanol–water partition coefficient (Wildman–Crippen LogP) is 2.78. The smallest absolute Gasteiger partial charge is 0.306 e. The van der Waals surface area contributed by atoms with Gasteiger partial charge in [0.05, 0.1) is 20.0 Å². The normalized spacial score (nSPS) is 11.6. The Kier molecular flexibility index (Phi) is 12.2. The first kappa shape index (κ1) is 20.4. The first-order valence-electron chi connectivity index (χ1n) is 7.91. The van der Waals surface area contributed by atoms with Crippen molar-refractivity contribution in [3.63, 3.8) is 0 Å². The summed E-state index contributed by atoms with van der Waals surface area (Å²) in [5.41, 5.74) is 0. The van der Waals surface area contributed by atoms with Gasteiger partial charge in [0.15, 0.2) is 0 Å². The second kappa shape index (κ2) is 13.1. The van der Waals surface area contributed by atoms with E-state index in [2.05, 4.69) is 11.7 Å². The molecule has 0 amide bonds. The van der Waals surface area contributed by atoms with E-state index in [-0.39, 0.29) is 25.4 Å². The molecule has 0 aromatic rings. The van der Waals surface area contributed by atoms with Crippen LogP contribution in [0.3, 0.4) is 0 Å². The lowest BCUT2D eigenvalue weighted by atomic mass is 10.1. The molecule has 0 N–H and O–H groups in total. The Hall–Kier alpha value is -1.59. The van der Waals surface area contributed by atoms with Crippen LogP contribution < -0.4 is 0 Å². The Balaban J connectivity index is 3.66. The molecular formula is C16H28O6. The molecule has 0 aromatic carbocycles. The number of carbonyl (C=O) groups excluding carboxylic acids is 3. The molecule has 0 heterocycles. The molecule has 0 radical (unpaired) electrons. The molecule has 128 valence electrons. The molecule has 0 saturated carbocycles. The summed E-state index contributed by atoms with van der Waals surface area (Å²) in [6, 6.07) is 0. The van der Waals surface area contributed by atoms with Crippen LogP contribution in [0.15, 0.2) is 0 Å². The van der Waals surface area contributed by atoms with Gasteiger partial charge in [-0.05, 0) is 13.3 Å². The van der Waals surface area contributed by atoms with E-state index in [1.165, 1.54) is 20.0 Å². The monoisotopic (exact) mass is 316 g/mol. The molecule has 1 atom stereocenters. The van der Waals surface area contributed by atoms with Gasteiger partial charge in [0.25, 0.3) is 0 Å². The number of rotatable bonds is 12. The van der Waals surface area contributed by atoms with Crippen LogP contribution in [0.5, 0.6) is 0 Å². The van der Waals surface area contributed by atoms with Gasteiger partial charge in [-0.25, -0.2) is 0 Å². The van der Waals surface area contributed by atoms with E-state index in [1.54, 1.807) is 6.92 Å². The average molecular weight is 316 g/mol. The summed E-state index contributed by atoms with van der Waals surface area (Å²) in [5, 5.41) is 0. The van der Waals surface area contributed by atoms with Crippen LogP contribution in [0, 0.1) is 0 Å². The Morgan fingerprint density at radius 2 is 1.50 bits per heavy atom. The lowest BCUT2D eigenvalue weighted by Gasteiger charge is -2.13. The van der Waals surface area contributed by atoms with Crippen LogP contribution in [0.4, 0.5) is 0 Å². The van der Waals surface area contributed by atoms with Gasteiger partial charge >= 0.3 is 17.9 Å². The summed E-state index contributed by atoms with van der Waals surface area (Å²) >= 11 is 0. The van der Waals surface area contributed by atoms with E-state index in [1.807, 2.05) is 0 Å². The van der Waals surface area contributed by atoms with Crippen molar-refractivity contribution in [3.05, 3.63) is 0 Å². The number of methoxy groups -OCH3 is 1. The van der Waals surface area contributed by atoms with E-state index in [0.29, 0.717) is 6.42 Å². The minimum absolute atomic E-state index is 0.0143. The summed E-state index contributed by atoms with van der Waals surface area (Å²) in [6.07, 6.45) is 5.17. The van der Waals surface area contributed by atoms with Gasteiger partial charge in [0.2, 0.25) is 0 Å². The summed E-state index contributed by atoms with van der Waals surface area (Å²) in [6.45, 7) is 3.82. The molecular weight excluding hydrogens is 288 g/mol. The van der Waals surface area contributed by atoms with Gasteiger partial charge in [-0.2, -0.15) is 0 Å². The summed E-state index contributed by atoms with van der Waals surface area (Å²) in [7, 11) is 1.26. The minimum atomic E-state index is -0.519. The molecule has 0 spiro atoms. The molecule has 0 rings (SSSR count). The summed E-state index contributed by atoms with van der Waals surface area (Å²) in [5.74, 6) is -1.23. The quantitative estimate of drug-likeness (QED) is 0.313. The van der Waals surface area contributed by atoms with Crippen molar-refractivity contribution >= 4 is 17.9 Å². The molecule has 0 aliphatic carbocycles. The highest BCUT2D eigenvalue weighted by molar-refractivity contribution is 5.77. The molecule has 0 aliphatic heterocycles. The van der Waals surface area contributed by atoms with Crippen molar-refractivity contribution in [2.75, 3.05) is 13.7 Å². The summed E-state index contributed by atoms with van der Waals surface area (Å²) < 4.78 is 14.5. The maximum Gasteiger partial charge on any atom is 0.306 e. The zero-order valence-corrected chi connectivity index (χ0v) is 13.9. The Bertz CT molecular complexity index is 340. The van der Waals surface area contributed by atoms with Crippen molar-refractivity contribution < 1.29 is 28.6 Å². The van der Waals surface area contributed by atoms with Crippen molar-refractivity contribution in [3.8, 4) is 0 Å². The van der Waals surface area contributed by atoms with Crippen molar-refractivity contribution in [1.82, 2.24) is 0 Å². The number of esters is 3. The number of ether oxygens (including phenoxy) is 3. The molecule has 6 nitrogen and oxygen atoms in total. The van der Waals surface area contributed by atoms with E-state index in [9.17, 15) is 14.4 Å². The molecule has 1 unspecified atom stereocenters. The molecule has 0 aromatic heterocycles. The van der Waals surface area contributed by atoms with Gasteiger partial charge in [0.1, 0.15) is 12.7 Å². The predicted molar refractivity (Wildman–Crippen MR) is 81.1 cm³/mol. The SMILES string of the molecule is CCCCCCCC(=O)OCC(C)OC(=O)CCC(=O)OC. The zero-order chi connectivity index (χ0) is 16.8. The largest absolute Gasteiger partial charge is 0.469 e. The molecule has 22 heavy (non-hydrogen) atoms. The number of hydrogen-bond donors (Lipinski definition) is 0. The highest BCUT2D eigenvalue weighted by Gasteiger charge is 2.13. The van der Waals surface area contributed by atoms with Crippen molar-refractivity contribution in [1.29, 1.82) is 0 Å². The lowest BCUT2D eigenvalue weighted by Crippen LogP contribution is -2.22. The standard InChI is InChI=1S/C16H28O6/c1-4-5-6-7-8-9-15(18)21-12-13(2)22-16(19)11-10-14(17)20-3/h13H,4-12H2,1-3H3. The fraction of sp³-hybridized carbons (Fsp3) is 0.812. The molecule has 0 saturated heterocycles. The fourth-order valence-electron chi connectivity index (χ4n) is 1.78. The zero-order valence-electron chi connectivity index (χ0n) is 13.9. The number of hydrogen-bond acceptors (Lipinski definition) is 6. The van der Waals surface area contributed by atoms with E-state index >= 15 is 0 Å². The van der Waals surface area contributed by atoms with Gasteiger partial charge in [-0.3, -0.25) is 14.4 Å². The van der Waals surface area contributed by atoms with Gasteiger partial charge in [0, 0.05) is 6.42 Å². The van der Waals surface area contributed by atoms with E-state index in [4.69, 9.17) is 9.47 Å². The van der Waals surface area contributed by atoms with Crippen LogP contribution >= 0.6 is 0 Å². The fourth-order valence-corrected chi connectivity index (χ4v) is 1.78. The second-order valence-electron chi connectivity index (χ2n) is 5.22. The maximum atomic E-state index is 11.5. The maximum absolute atomic E-state index is 11.5. The van der Waals surface area contributed by atoms with Crippen molar-refractivity contribution in [2.24, 2.45) is 0 Å². The number of carbonyl (C=O) groups is 3. The van der Waals surface area contributed by atoms with Crippen LogP contribution in [0.1, 0.15) is 65.2 Å². The Labute approximate surface area is 132 Å². The van der Waals surface area contributed by atoms with Crippen LogP contribution in [0.2, 0.25) is 0 Å². The first-order valence-corrected chi connectivity index (χ1v) is 7.91. The molecule has 6 heteroatoms. The first-order chi connectivity index (χ1) is 10.5.